The predicted octanol–water partition coefficient (Wildman–Crippen LogP) is 2.56. The fraction of sp³-hybridized carbons (Fsp3) is 0.222. The van der Waals surface area contributed by atoms with Gasteiger partial charge >= 0.3 is 5.69 Å². The van der Waals surface area contributed by atoms with Gasteiger partial charge in [0.1, 0.15) is 11.4 Å². The van der Waals surface area contributed by atoms with Gasteiger partial charge in [0, 0.05) is 6.07 Å². The van der Waals surface area contributed by atoms with Crippen LogP contribution in [0.2, 0.25) is 0 Å². The minimum Gasteiger partial charge on any atom is -0.272 e. The SMILES string of the molecule is C/C(=N/Nc1ccc([N+](=O)[O-])cc1[N+](=O)[O-])C(F)F. The maximum Gasteiger partial charge on any atom is 0.301 e. The number of benzene rings is 1. The molecule has 0 atom stereocenters. The second-order valence-electron chi connectivity index (χ2n) is 3.38. The summed E-state index contributed by atoms with van der Waals surface area (Å²) in [6.45, 7) is 1.04. The Hall–Kier alpha value is -2.65. The van der Waals surface area contributed by atoms with E-state index in [-0.39, 0.29) is 5.69 Å². The van der Waals surface area contributed by atoms with Crippen molar-refractivity contribution in [3.63, 3.8) is 0 Å². The van der Waals surface area contributed by atoms with Crippen molar-refractivity contribution in [1.29, 1.82) is 0 Å². The fourth-order valence-corrected chi connectivity index (χ4v) is 1.08. The summed E-state index contributed by atoms with van der Waals surface area (Å²) in [6.07, 6.45) is -2.80. The Morgan fingerprint density at radius 3 is 2.42 bits per heavy atom. The number of alkyl halides is 2. The zero-order valence-electron chi connectivity index (χ0n) is 9.54. The Kier molecular flexibility index (Phi) is 4.40. The van der Waals surface area contributed by atoms with Crippen molar-refractivity contribution in [3.8, 4) is 0 Å². The van der Waals surface area contributed by atoms with E-state index >= 15 is 0 Å². The number of non-ortho nitro benzene ring substituents is 1. The highest BCUT2D eigenvalue weighted by atomic mass is 19.3. The van der Waals surface area contributed by atoms with Gasteiger partial charge in [-0.3, -0.25) is 25.7 Å². The second-order valence-corrected chi connectivity index (χ2v) is 3.38. The summed E-state index contributed by atoms with van der Waals surface area (Å²) in [6, 6.07) is 2.75. The molecule has 0 saturated heterocycles. The Morgan fingerprint density at radius 1 is 1.32 bits per heavy atom. The number of hydrogen-bond acceptors (Lipinski definition) is 6. The third kappa shape index (κ3) is 3.66. The third-order valence-electron chi connectivity index (χ3n) is 2.06. The Morgan fingerprint density at radius 2 is 1.95 bits per heavy atom. The summed E-state index contributed by atoms with van der Waals surface area (Å²) in [5.41, 5.74) is 0.206. The molecule has 0 heterocycles. The zero-order chi connectivity index (χ0) is 14.6. The summed E-state index contributed by atoms with van der Waals surface area (Å²) in [7, 11) is 0. The van der Waals surface area contributed by atoms with E-state index in [1.54, 1.807) is 0 Å². The molecule has 0 radical (unpaired) electrons. The number of nitro groups is 2. The molecule has 1 aromatic carbocycles. The lowest BCUT2D eigenvalue weighted by Gasteiger charge is -2.03. The smallest absolute Gasteiger partial charge is 0.272 e. The summed E-state index contributed by atoms with van der Waals surface area (Å²) in [5, 5.41) is 24.5. The van der Waals surface area contributed by atoms with Crippen LogP contribution >= 0.6 is 0 Å². The van der Waals surface area contributed by atoms with Gasteiger partial charge < -0.3 is 0 Å². The van der Waals surface area contributed by atoms with Crippen molar-refractivity contribution in [2.45, 2.75) is 13.3 Å². The van der Waals surface area contributed by atoms with Crippen LogP contribution in [-0.2, 0) is 0 Å². The first-order valence-electron chi connectivity index (χ1n) is 4.84. The van der Waals surface area contributed by atoms with Crippen LogP contribution in [-0.4, -0.2) is 22.0 Å². The molecule has 0 amide bonds. The molecule has 1 N–H and O–H groups in total. The topological polar surface area (TPSA) is 111 Å². The second kappa shape index (κ2) is 5.80. The van der Waals surface area contributed by atoms with Crippen molar-refractivity contribution in [2.24, 2.45) is 5.10 Å². The molecule has 10 heteroatoms. The van der Waals surface area contributed by atoms with Crippen molar-refractivity contribution in [2.75, 3.05) is 5.43 Å². The van der Waals surface area contributed by atoms with Crippen molar-refractivity contribution in [1.82, 2.24) is 0 Å². The lowest BCUT2D eigenvalue weighted by molar-refractivity contribution is -0.393. The van der Waals surface area contributed by atoms with Crippen LogP contribution in [0, 0.1) is 20.2 Å². The van der Waals surface area contributed by atoms with Gasteiger partial charge in [0.2, 0.25) is 0 Å². The molecule has 0 spiro atoms. The molecule has 102 valence electrons. The summed E-state index contributed by atoms with van der Waals surface area (Å²) < 4.78 is 24.3. The summed E-state index contributed by atoms with van der Waals surface area (Å²) in [4.78, 5) is 19.5. The van der Waals surface area contributed by atoms with Gasteiger partial charge in [0.25, 0.3) is 12.1 Å². The molecule has 0 aliphatic rings. The number of nitrogens with zero attached hydrogens (tertiary/aromatic N) is 3. The monoisotopic (exact) mass is 274 g/mol. The molecular weight excluding hydrogens is 266 g/mol. The van der Waals surface area contributed by atoms with E-state index in [2.05, 4.69) is 10.5 Å². The number of nitrogens with one attached hydrogen (secondary N) is 1. The largest absolute Gasteiger partial charge is 0.301 e. The Balaban J connectivity index is 3.11. The number of hydrazone groups is 1. The van der Waals surface area contributed by atoms with Gasteiger partial charge in [-0.05, 0) is 13.0 Å². The number of anilines is 1. The zero-order valence-corrected chi connectivity index (χ0v) is 9.54. The molecule has 1 rings (SSSR count). The fourth-order valence-electron chi connectivity index (χ4n) is 1.08. The van der Waals surface area contributed by atoms with Gasteiger partial charge in [0.15, 0.2) is 0 Å². The highest BCUT2D eigenvalue weighted by Gasteiger charge is 2.19. The predicted molar refractivity (Wildman–Crippen MR) is 62.5 cm³/mol. The first-order valence-corrected chi connectivity index (χ1v) is 4.84. The van der Waals surface area contributed by atoms with E-state index in [1.165, 1.54) is 0 Å². The molecule has 0 aliphatic carbocycles. The van der Waals surface area contributed by atoms with Crippen LogP contribution in [0.15, 0.2) is 23.3 Å². The lowest BCUT2D eigenvalue weighted by atomic mass is 10.2. The standard InChI is InChI=1S/C9H8F2N4O4/c1-5(9(10)11)12-13-7-3-2-6(14(16)17)4-8(7)15(18)19/h2-4,9,13H,1H3/b12-5-. The molecule has 0 fully saturated rings. The van der Waals surface area contributed by atoms with Crippen LogP contribution in [0.25, 0.3) is 0 Å². The average Bonchev–Trinajstić information content (AvgIpc) is 2.35. The van der Waals surface area contributed by atoms with E-state index in [4.69, 9.17) is 0 Å². The van der Waals surface area contributed by atoms with Crippen LogP contribution in [0.5, 0.6) is 0 Å². The average molecular weight is 274 g/mol. The molecular formula is C9H8F2N4O4. The van der Waals surface area contributed by atoms with E-state index in [0.717, 1.165) is 25.1 Å². The van der Waals surface area contributed by atoms with Gasteiger partial charge in [0.05, 0.1) is 15.9 Å². The highest BCUT2D eigenvalue weighted by molar-refractivity contribution is 5.85. The van der Waals surface area contributed by atoms with Crippen LogP contribution in [0.4, 0.5) is 25.8 Å². The first-order chi connectivity index (χ1) is 8.82. The quantitative estimate of drug-likeness (QED) is 0.504. The minimum absolute atomic E-state index is 0.212. The summed E-state index contributed by atoms with van der Waals surface area (Å²) >= 11 is 0. The van der Waals surface area contributed by atoms with E-state index in [0.29, 0.717) is 0 Å². The first kappa shape index (κ1) is 14.4. The van der Waals surface area contributed by atoms with Crippen molar-refractivity contribution >= 4 is 22.8 Å². The molecule has 8 nitrogen and oxygen atoms in total. The summed E-state index contributed by atoms with van der Waals surface area (Å²) in [5.74, 6) is 0. The molecule has 1 aromatic rings. The molecule has 19 heavy (non-hydrogen) atoms. The normalized spacial score (nSPS) is 11.5. The van der Waals surface area contributed by atoms with E-state index in [1.807, 2.05) is 0 Å². The number of halogens is 2. The molecule has 0 aromatic heterocycles. The third-order valence-corrected chi connectivity index (χ3v) is 2.06. The van der Waals surface area contributed by atoms with Crippen molar-refractivity contribution < 1.29 is 18.6 Å². The van der Waals surface area contributed by atoms with Crippen molar-refractivity contribution in [3.05, 3.63) is 38.4 Å². The van der Waals surface area contributed by atoms with E-state index < -0.39 is 33.4 Å². The van der Waals surface area contributed by atoms with Gasteiger partial charge in [-0.15, -0.1) is 0 Å². The van der Waals surface area contributed by atoms with Gasteiger partial charge in [-0.25, -0.2) is 8.78 Å². The maximum atomic E-state index is 12.2. The molecule has 0 unspecified atom stereocenters. The maximum absolute atomic E-state index is 12.2. The van der Waals surface area contributed by atoms with Gasteiger partial charge in [-0.1, -0.05) is 0 Å². The number of nitro benzene ring substituents is 2. The Labute approximate surface area is 105 Å². The molecule has 0 aliphatic heterocycles. The van der Waals surface area contributed by atoms with Gasteiger partial charge in [-0.2, -0.15) is 5.10 Å². The Bertz CT molecular complexity index is 547. The van der Waals surface area contributed by atoms with Crippen LogP contribution in [0.3, 0.4) is 0 Å². The lowest BCUT2D eigenvalue weighted by Crippen LogP contribution is -2.08. The number of hydrogen-bond donors (Lipinski definition) is 1. The van der Waals surface area contributed by atoms with Crippen LogP contribution < -0.4 is 5.43 Å². The number of rotatable bonds is 5. The van der Waals surface area contributed by atoms with Crippen LogP contribution in [0.1, 0.15) is 6.92 Å². The molecule has 0 bridgehead atoms. The highest BCUT2D eigenvalue weighted by Crippen LogP contribution is 2.28. The molecule has 0 saturated carbocycles. The van der Waals surface area contributed by atoms with E-state index in [9.17, 15) is 29.0 Å². The minimum atomic E-state index is -2.80.